The Balaban J connectivity index is 2.05. The summed E-state index contributed by atoms with van der Waals surface area (Å²) in [6, 6.07) is 9.57. The lowest BCUT2D eigenvalue weighted by molar-refractivity contribution is 0.389. The molecule has 0 fully saturated rings. The van der Waals surface area contributed by atoms with E-state index in [0.29, 0.717) is 6.42 Å². The van der Waals surface area contributed by atoms with Gasteiger partial charge in [0.2, 0.25) is 0 Å². The van der Waals surface area contributed by atoms with E-state index in [0.717, 1.165) is 29.2 Å². The normalized spacial score (nSPS) is 12.2. The Morgan fingerprint density at radius 3 is 2.63 bits per heavy atom. The molecule has 0 saturated carbocycles. The number of hydrogen-bond acceptors (Lipinski definition) is 4. The summed E-state index contributed by atoms with van der Waals surface area (Å²) in [4.78, 5) is 0. The van der Waals surface area contributed by atoms with Gasteiger partial charge in [-0.3, -0.25) is 0 Å². The Hall–Kier alpha value is -1.94. The highest BCUT2D eigenvalue weighted by Gasteiger charge is 2.11. The summed E-state index contributed by atoms with van der Waals surface area (Å²) < 4.78 is 15.8. The second-order valence-electron chi connectivity index (χ2n) is 4.43. The Labute approximate surface area is 113 Å². The lowest BCUT2D eigenvalue weighted by Crippen LogP contribution is -2.25. The molecule has 2 rings (SSSR count). The van der Waals surface area contributed by atoms with E-state index in [2.05, 4.69) is 0 Å². The van der Waals surface area contributed by atoms with Crippen LogP contribution >= 0.6 is 0 Å². The van der Waals surface area contributed by atoms with Gasteiger partial charge < -0.3 is 19.6 Å². The van der Waals surface area contributed by atoms with Crippen molar-refractivity contribution in [1.82, 2.24) is 0 Å². The molecule has 1 aromatic heterocycles. The number of ether oxygens (including phenoxy) is 2. The Bertz CT molecular complexity index is 508. The van der Waals surface area contributed by atoms with Gasteiger partial charge in [0, 0.05) is 18.5 Å². The molecule has 0 bridgehead atoms. The van der Waals surface area contributed by atoms with Crippen molar-refractivity contribution in [3.8, 4) is 11.5 Å². The zero-order valence-electron chi connectivity index (χ0n) is 11.3. The van der Waals surface area contributed by atoms with Crippen LogP contribution < -0.4 is 15.2 Å². The van der Waals surface area contributed by atoms with Crippen molar-refractivity contribution in [1.29, 1.82) is 0 Å². The summed E-state index contributed by atoms with van der Waals surface area (Å²) in [5.41, 5.74) is 7.22. The molecule has 0 amide bonds. The molecular weight excluding hydrogens is 242 g/mol. The molecule has 102 valence electrons. The lowest BCUT2D eigenvalue weighted by Gasteiger charge is -2.14. The van der Waals surface area contributed by atoms with Crippen molar-refractivity contribution in [2.45, 2.75) is 18.9 Å². The SMILES string of the molecule is COc1ccc(CC(N)Cc2ccco2)c(OC)c1. The number of nitrogens with two attached hydrogens (primary N) is 1. The van der Waals surface area contributed by atoms with Crippen LogP contribution in [0.4, 0.5) is 0 Å². The summed E-state index contributed by atoms with van der Waals surface area (Å²) in [7, 11) is 3.29. The first kappa shape index (κ1) is 13.5. The molecule has 2 aromatic rings. The molecule has 0 saturated heterocycles. The molecule has 4 heteroatoms. The second-order valence-corrected chi connectivity index (χ2v) is 4.43. The van der Waals surface area contributed by atoms with Gasteiger partial charge in [-0.2, -0.15) is 0 Å². The Morgan fingerprint density at radius 2 is 2.00 bits per heavy atom. The topological polar surface area (TPSA) is 57.6 Å². The maximum absolute atomic E-state index is 6.14. The standard InChI is InChI=1S/C15H19NO3/c1-17-13-6-5-11(15(10-13)18-2)8-12(16)9-14-4-3-7-19-14/h3-7,10,12H,8-9,16H2,1-2H3. The van der Waals surface area contributed by atoms with Crippen LogP contribution in [0.15, 0.2) is 41.0 Å². The lowest BCUT2D eigenvalue weighted by atomic mass is 10.0. The quantitative estimate of drug-likeness (QED) is 0.867. The fourth-order valence-electron chi connectivity index (χ4n) is 2.06. The zero-order valence-corrected chi connectivity index (χ0v) is 11.3. The molecule has 0 aliphatic heterocycles. The number of methoxy groups -OCH3 is 2. The van der Waals surface area contributed by atoms with Gasteiger partial charge >= 0.3 is 0 Å². The third kappa shape index (κ3) is 3.51. The van der Waals surface area contributed by atoms with Gasteiger partial charge in [-0.15, -0.1) is 0 Å². The monoisotopic (exact) mass is 261 g/mol. The minimum Gasteiger partial charge on any atom is -0.497 e. The van der Waals surface area contributed by atoms with Crippen LogP contribution in [0.25, 0.3) is 0 Å². The molecule has 0 aliphatic rings. The molecule has 4 nitrogen and oxygen atoms in total. The molecule has 0 radical (unpaired) electrons. The van der Waals surface area contributed by atoms with Gasteiger partial charge in [-0.25, -0.2) is 0 Å². The maximum atomic E-state index is 6.14. The first-order chi connectivity index (χ1) is 9.22. The average Bonchev–Trinajstić information content (AvgIpc) is 2.91. The fraction of sp³-hybridized carbons (Fsp3) is 0.333. The number of furan rings is 1. The van der Waals surface area contributed by atoms with Gasteiger partial charge in [-0.05, 0) is 30.2 Å². The van der Waals surface area contributed by atoms with E-state index in [4.69, 9.17) is 19.6 Å². The van der Waals surface area contributed by atoms with Gasteiger partial charge in [0.05, 0.1) is 20.5 Å². The van der Waals surface area contributed by atoms with Crippen molar-refractivity contribution in [3.63, 3.8) is 0 Å². The fourth-order valence-corrected chi connectivity index (χ4v) is 2.06. The van der Waals surface area contributed by atoms with E-state index in [1.54, 1.807) is 20.5 Å². The molecule has 0 spiro atoms. The van der Waals surface area contributed by atoms with Crippen LogP contribution in [0.5, 0.6) is 11.5 Å². The maximum Gasteiger partial charge on any atom is 0.125 e. The minimum absolute atomic E-state index is 0.00607. The zero-order chi connectivity index (χ0) is 13.7. The predicted octanol–water partition coefficient (Wildman–Crippen LogP) is 2.41. The molecule has 0 aliphatic carbocycles. The summed E-state index contributed by atoms with van der Waals surface area (Å²) >= 11 is 0. The van der Waals surface area contributed by atoms with Gasteiger partial charge in [0.15, 0.2) is 0 Å². The highest BCUT2D eigenvalue weighted by molar-refractivity contribution is 5.41. The van der Waals surface area contributed by atoms with Crippen molar-refractivity contribution < 1.29 is 13.9 Å². The van der Waals surface area contributed by atoms with Crippen molar-refractivity contribution in [2.24, 2.45) is 5.73 Å². The van der Waals surface area contributed by atoms with Crippen LogP contribution in [-0.2, 0) is 12.8 Å². The first-order valence-corrected chi connectivity index (χ1v) is 6.21. The summed E-state index contributed by atoms with van der Waals surface area (Å²) in [5, 5.41) is 0. The van der Waals surface area contributed by atoms with E-state index < -0.39 is 0 Å². The van der Waals surface area contributed by atoms with Crippen molar-refractivity contribution >= 4 is 0 Å². The largest absolute Gasteiger partial charge is 0.497 e. The third-order valence-corrected chi connectivity index (χ3v) is 3.02. The van der Waals surface area contributed by atoms with E-state index in [1.807, 2.05) is 30.3 Å². The van der Waals surface area contributed by atoms with Crippen LogP contribution in [0.3, 0.4) is 0 Å². The molecule has 19 heavy (non-hydrogen) atoms. The molecule has 1 aromatic carbocycles. The first-order valence-electron chi connectivity index (χ1n) is 6.21. The Morgan fingerprint density at radius 1 is 1.16 bits per heavy atom. The van der Waals surface area contributed by atoms with Crippen molar-refractivity contribution in [2.75, 3.05) is 14.2 Å². The highest BCUT2D eigenvalue weighted by atomic mass is 16.5. The molecule has 1 unspecified atom stereocenters. The third-order valence-electron chi connectivity index (χ3n) is 3.02. The average molecular weight is 261 g/mol. The highest BCUT2D eigenvalue weighted by Crippen LogP contribution is 2.25. The molecule has 1 atom stereocenters. The number of rotatable bonds is 6. The van der Waals surface area contributed by atoms with E-state index in [9.17, 15) is 0 Å². The van der Waals surface area contributed by atoms with Crippen LogP contribution in [0.2, 0.25) is 0 Å². The molecule has 1 heterocycles. The molecular formula is C15H19NO3. The number of benzene rings is 1. The van der Waals surface area contributed by atoms with Gasteiger partial charge in [-0.1, -0.05) is 6.07 Å². The van der Waals surface area contributed by atoms with Crippen LogP contribution in [0, 0.1) is 0 Å². The van der Waals surface area contributed by atoms with Crippen LogP contribution in [0.1, 0.15) is 11.3 Å². The van der Waals surface area contributed by atoms with Crippen LogP contribution in [-0.4, -0.2) is 20.3 Å². The van der Waals surface area contributed by atoms with E-state index in [-0.39, 0.29) is 6.04 Å². The minimum atomic E-state index is -0.00607. The predicted molar refractivity (Wildman–Crippen MR) is 73.6 cm³/mol. The smallest absolute Gasteiger partial charge is 0.125 e. The second kappa shape index (κ2) is 6.29. The Kier molecular flexibility index (Phi) is 4.47. The molecule has 2 N–H and O–H groups in total. The summed E-state index contributed by atoms with van der Waals surface area (Å²) in [5.74, 6) is 2.48. The van der Waals surface area contributed by atoms with Gasteiger partial charge in [0.1, 0.15) is 17.3 Å². The van der Waals surface area contributed by atoms with Crippen molar-refractivity contribution in [3.05, 3.63) is 47.9 Å². The van der Waals surface area contributed by atoms with E-state index in [1.165, 1.54) is 0 Å². The van der Waals surface area contributed by atoms with E-state index >= 15 is 0 Å². The van der Waals surface area contributed by atoms with Gasteiger partial charge in [0.25, 0.3) is 0 Å². The summed E-state index contributed by atoms with van der Waals surface area (Å²) in [6.45, 7) is 0. The summed E-state index contributed by atoms with van der Waals surface area (Å²) in [6.07, 6.45) is 3.10. The number of hydrogen-bond donors (Lipinski definition) is 1.